The van der Waals surface area contributed by atoms with Crippen LogP contribution in [0.25, 0.3) is 0 Å². The Labute approximate surface area is 132 Å². The number of benzene rings is 1. The second-order valence-corrected chi connectivity index (χ2v) is 6.27. The molecule has 2 nitrogen and oxygen atoms in total. The third kappa shape index (κ3) is 4.78. The van der Waals surface area contributed by atoms with Crippen molar-refractivity contribution in [2.75, 3.05) is 13.2 Å². The van der Waals surface area contributed by atoms with Crippen molar-refractivity contribution in [1.82, 2.24) is 5.32 Å². The van der Waals surface area contributed by atoms with Crippen LogP contribution >= 0.6 is 27.3 Å². The van der Waals surface area contributed by atoms with E-state index in [9.17, 15) is 0 Å². The average Bonchev–Trinajstić information content (AvgIpc) is 2.86. The molecule has 4 heteroatoms. The summed E-state index contributed by atoms with van der Waals surface area (Å²) in [5.41, 5.74) is 1.18. The first kappa shape index (κ1) is 15.3. The van der Waals surface area contributed by atoms with Crippen molar-refractivity contribution >= 4 is 27.3 Å². The van der Waals surface area contributed by atoms with E-state index in [1.165, 1.54) is 10.4 Å². The maximum absolute atomic E-state index is 5.82. The number of thiophene rings is 1. The Morgan fingerprint density at radius 1 is 1.35 bits per heavy atom. The molecule has 1 N–H and O–H groups in total. The Morgan fingerprint density at radius 2 is 2.20 bits per heavy atom. The van der Waals surface area contributed by atoms with Crippen molar-refractivity contribution in [3.8, 4) is 5.75 Å². The molecule has 0 aliphatic carbocycles. The van der Waals surface area contributed by atoms with Crippen molar-refractivity contribution in [3.63, 3.8) is 0 Å². The van der Waals surface area contributed by atoms with Gasteiger partial charge in [0, 0.05) is 27.8 Å². The van der Waals surface area contributed by atoms with Crippen LogP contribution in [0.5, 0.6) is 5.75 Å². The van der Waals surface area contributed by atoms with Crippen LogP contribution in [0.1, 0.15) is 10.4 Å². The Bertz CT molecular complexity index is 553. The van der Waals surface area contributed by atoms with Gasteiger partial charge >= 0.3 is 0 Å². The zero-order chi connectivity index (χ0) is 14.2. The molecule has 2 aromatic rings. The number of hydrogen-bond acceptors (Lipinski definition) is 3. The Balaban J connectivity index is 1.72. The lowest BCUT2D eigenvalue weighted by Crippen LogP contribution is -2.20. The van der Waals surface area contributed by atoms with E-state index in [2.05, 4.69) is 45.3 Å². The summed E-state index contributed by atoms with van der Waals surface area (Å²) in [6.45, 7) is 6.15. The van der Waals surface area contributed by atoms with E-state index in [-0.39, 0.29) is 0 Å². The smallest absolute Gasteiger partial charge is 0.122 e. The van der Waals surface area contributed by atoms with Gasteiger partial charge in [-0.15, -0.1) is 17.9 Å². The molecule has 0 saturated heterocycles. The number of nitrogens with one attached hydrogen (secondary N) is 1. The van der Waals surface area contributed by atoms with E-state index < -0.39 is 0 Å². The molecule has 1 aromatic heterocycles. The number of hydrogen-bond donors (Lipinski definition) is 1. The standard InChI is InChI=1S/C16H18BrNOS/c1-2-5-13-6-3-4-7-16(13)19-9-8-18-11-15-10-14(17)12-20-15/h2-4,6-7,10,12,18H,1,5,8-9,11H2. The highest BCUT2D eigenvalue weighted by atomic mass is 79.9. The minimum absolute atomic E-state index is 0.667. The van der Waals surface area contributed by atoms with Gasteiger partial charge < -0.3 is 10.1 Å². The Morgan fingerprint density at radius 3 is 2.95 bits per heavy atom. The summed E-state index contributed by atoms with van der Waals surface area (Å²) in [4.78, 5) is 1.32. The summed E-state index contributed by atoms with van der Waals surface area (Å²) in [6, 6.07) is 10.2. The molecule has 106 valence electrons. The van der Waals surface area contributed by atoms with Gasteiger partial charge in [0.1, 0.15) is 12.4 Å². The Hall–Kier alpha value is -1.10. The zero-order valence-electron chi connectivity index (χ0n) is 11.3. The molecule has 0 spiro atoms. The summed E-state index contributed by atoms with van der Waals surface area (Å²) in [6.07, 6.45) is 2.74. The van der Waals surface area contributed by atoms with Crippen molar-refractivity contribution in [1.29, 1.82) is 0 Å². The number of halogens is 1. The molecular weight excluding hydrogens is 334 g/mol. The van der Waals surface area contributed by atoms with Gasteiger partial charge in [0.2, 0.25) is 0 Å². The molecule has 0 atom stereocenters. The molecule has 0 saturated carbocycles. The minimum atomic E-state index is 0.667. The zero-order valence-corrected chi connectivity index (χ0v) is 13.7. The predicted molar refractivity (Wildman–Crippen MR) is 89.6 cm³/mol. The summed E-state index contributed by atoms with van der Waals surface area (Å²) in [5, 5.41) is 5.48. The van der Waals surface area contributed by atoms with Gasteiger partial charge in [-0.05, 0) is 40.0 Å². The molecule has 1 aromatic carbocycles. The van der Waals surface area contributed by atoms with Crippen LogP contribution in [0, 0.1) is 0 Å². The second-order valence-electron chi connectivity index (χ2n) is 4.36. The monoisotopic (exact) mass is 351 g/mol. The van der Waals surface area contributed by atoms with Gasteiger partial charge in [0.25, 0.3) is 0 Å². The molecule has 0 fully saturated rings. The highest BCUT2D eigenvalue weighted by Crippen LogP contribution is 2.20. The quantitative estimate of drug-likeness (QED) is 0.561. The fourth-order valence-corrected chi connectivity index (χ4v) is 3.28. The largest absolute Gasteiger partial charge is 0.492 e. The molecule has 0 unspecified atom stereocenters. The summed E-state index contributed by atoms with van der Waals surface area (Å²) in [7, 11) is 0. The van der Waals surface area contributed by atoms with Gasteiger partial charge in [-0.3, -0.25) is 0 Å². The van der Waals surface area contributed by atoms with Gasteiger partial charge in [0.05, 0.1) is 0 Å². The summed E-state index contributed by atoms with van der Waals surface area (Å²) < 4.78 is 6.96. The first-order chi connectivity index (χ1) is 9.79. The molecule has 0 radical (unpaired) electrons. The van der Waals surface area contributed by atoms with Crippen molar-refractivity contribution in [2.24, 2.45) is 0 Å². The fraction of sp³-hybridized carbons (Fsp3) is 0.250. The molecule has 0 bridgehead atoms. The highest BCUT2D eigenvalue weighted by molar-refractivity contribution is 9.10. The van der Waals surface area contributed by atoms with E-state index in [0.29, 0.717) is 6.61 Å². The first-order valence-electron chi connectivity index (χ1n) is 6.55. The number of rotatable bonds is 8. The lowest BCUT2D eigenvalue weighted by molar-refractivity contribution is 0.311. The molecule has 0 amide bonds. The fourth-order valence-electron chi connectivity index (χ4n) is 1.86. The van der Waals surface area contributed by atoms with E-state index in [4.69, 9.17) is 4.74 Å². The molecule has 2 rings (SSSR count). The van der Waals surface area contributed by atoms with Crippen LogP contribution in [0.2, 0.25) is 0 Å². The van der Waals surface area contributed by atoms with Gasteiger partial charge in [-0.1, -0.05) is 24.3 Å². The van der Waals surface area contributed by atoms with E-state index in [1.54, 1.807) is 11.3 Å². The van der Waals surface area contributed by atoms with Gasteiger partial charge in [-0.25, -0.2) is 0 Å². The maximum atomic E-state index is 5.82. The van der Waals surface area contributed by atoms with Crippen molar-refractivity contribution in [2.45, 2.75) is 13.0 Å². The van der Waals surface area contributed by atoms with E-state index >= 15 is 0 Å². The Kier molecular flexibility index (Phi) is 6.30. The molecule has 0 aliphatic rings. The highest BCUT2D eigenvalue weighted by Gasteiger charge is 2.01. The van der Waals surface area contributed by atoms with Crippen LogP contribution in [-0.4, -0.2) is 13.2 Å². The lowest BCUT2D eigenvalue weighted by atomic mass is 10.1. The third-order valence-electron chi connectivity index (χ3n) is 2.79. The molecule has 1 heterocycles. The maximum Gasteiger partial charge on any atom is 0.122 e. The first-order valence-corrected chi connectivity index (χ1v) is 8.22. The van der Waals surface area contributed by atoms with E-state index in [0.717, 1.165) is 29.7 Å². The summed E-state index contributed by atoms with van der Waals surface area (Å²) >= 11 is 5.21. The summed E-state index contributed by atoms with van der Waals surface area (Å²) in [5.74, 6) is 0.952. The van der Waals surface area contributed by atoms with Gasteiger partial charge in [0.15, 0.2) is 0 Å². The molecule has 20 heavy (non-hydrogen) atoms. The predicted octanol–water partition coefficient (Wildman–Crippen LogP) is 4.41. The number of ether oxygens (including phenoxy) is 1. The normalized spacial score (nSPS) is 10.4. The van der Waals surface area contributed by atoms with Crippen LogP contribution in [0.15, 0.2) is 52.8 Å². The third-order valence-corrected chi connectivity index (χ3v) is 4.49. The van der Waals surface area contributed by atoms with Crippen LogP contribution < -0.4 is 10.1 Å². The van der Waals surface area contributed by atoms with Crippen molar-refractivity contribution in [3.05, 3.63) is 63.3 Å². The topological polar surface area (TPSA) is 21.3 Å². The van der Waals surface area contributed by atoms with Crippen molar-refractivity contribution < 1.29 is 4.74 Å². The molecule has 0 aliphatic heterocycles. The van der Waals surface area contributed by atoms with Gasteiger partial charge in [-0.2, -0.15) is 0 Å². The lowest BCUT2D eigenvalue weighted by Gasteiger charge is -2.10. The SMILES string of the molecule is C=CCc1ccccc1OCCNCc1cc(Br)cs1. The van der Waals surface area contributed by atoms with E-state index in [1.807, 2.05) is 24.3 Å². The van der Waals surface area contributed by atoms with Crippen LogP contribution in [-0.2, 0) is 13.0 Å². The number of allylic oxidation sites excluding steroid dienone is 1. The number of para-hydroxylation sites is 1. The van der Waals surface area contributed by atoms with Crippen LogP contribution in [0.4, 0.5) is 0 Å². The minimum Gasteiger partial charge on any atom is -0.492 e. The van der Waals surface area contributed by atoms with Crippen LogP contribution in [0.3, 0.4) is 0 Å². The second kappa shape index (κ2) is 8.25. The average molecular weight is 352 g/mol. The molecular formula is C16H18BrNOS.